The van der Waals surface area contributed by atoms with Gasteiger partial charge in [0.25, 0.3) is 11.6 Å². The molecule has 0 aliphatic carbocycles. The maximum absolute atomic E-state index is 12.0. The summed E-state index contributed by atoms with van der Waals surface area (Å²) in [5.41, 5.74) is -0.130. The zero-order chi connectivity index (χ0) is 18.4. The second kappa shape index (κ2) is 7.73. The van der Waals surface area contributed by atoms with Gasteiger partial charge in [-0.15, -0.1) is 0 Å². The highest BCUT2D eigenvalue weighted by atomic mass is 32.2. The van der Waals surface area contributed by atoms with Gasteiger partial charge >= 0.3 is 0 Å². The zero-order valence-electron chi connectivity index (χ0n) is 12.9. The summed E-state index contributed by atoms with van der Waals surface area (Å²) >= 11 is 0. The lowest BCUT2D eigenvalue weighted by molar-refractivity contribution is -0.384. The first-order chi connectivity index (χ1) is 11.8. The number of nitrogens with zero attached hydrogens (tertiary/aromatic N) is 1. The van der Waals surface area contributed by atoms with Gasteiger partial charge in [0, 0.05) is 25.2 Å². The van der Waals surface area contributed by atoms with Gasteiger partial charge in [0.05, 0.1) is 15.4 Å². The molecule has 0 saturated carbocycles. The van der Waals surface area contributed by atoms with Crippen LogP contribution in [-0.2, 0) is 10.0 Å². The van der Waals surface area contributed by atoms with E-state index in [9.17, 15) is 28.4 Å². The fourth-order valence-corrected chi connectivity index (χ4v) is 2.98. The molecule has 2 aromatic rings. The average molecular weight is 365 g/mol. The molecule has 0 spiro atoms. The van der Waals surface area contributed by atoms with Crippen LogP contribution in [0, 0.1) is 10.1 Å². The SMILES string of the molecule is O=C(NCCNS(=O)(=O)c1ccc([N+](=O)[O-])cc1)c1ccccc1O. The molecule has 0 bridgehead atoms. The fourth-order valence-electron chi connectivity index (χ4n) is 1.95. The Labute approximate surface area is 143 Å². The van der Waals surface area contributed by atoms with Crippen LogP contribution in [0.3, 0.4) is 0 Å². The van der Waals surface area contributed by atoms with Crippen molar-refractivity contribution in [3.05, 3.63) is 64.2 Å². The van der Waals surface area contributed by atoms with Crippen LogP contribution in [0.5, 0.6) is 5.75 Å². The maximum atomic E-state index is 12.0. The van der Waals surface area contributed by atoms with E-state index in [0.717, 1.165) is 24.3 Å². The number of aromatic hydroxyl groups is 1. The van der Waals surface area contributed by atoms with E-state index in [4.69, 9.17) is 0 Å². The molecule has 0 aliphatic rings. The number of phenolic OH excluding ortho intramolecular Hbond substituents is 1. The molecule has 0 aliphatic heterocycles. The minimum Gasteiger partial charge on any atom is -0.507 e. The first-order valence-corrected chi connectivity index (χ1v) is 8.60. The van der Waals surface area contributed by atoms with Crippen LogP contribution in [-0.4, -0.2) is 37.4 Å². The second-order valence-electron chi connectivity index (χ2n) is 4.92. The highest BCUT2D eigenvalue weighted by molar-refractivity contribution is 7.89. The van der Waals surface area contributed by atoms with Crippen LogP contribution >= 0.6 is 0 Å². The maximum Gasteiger partial charge on any atom is 0.269 e. The van der Waals surface area contributed by atoms with E-state index in [2.05, 4.69) is 10.0 Å². The van der Waals surface area contributed by atoms with E-state index in [1.54, 1.807) is 12.1 Å². The van der Waals surface area contributed by atoms with Crippen molar-refractivity contribution in [2.45, 2.75) is 4.90 Å². The van der Waals surface area contributed by atoms with Crippen molar-refractivity contribution in [2.24, 2.45) is 0 Å². The number of carbonyl (C=O) groups excluding carboxylic acids is 1. The van der Waals surface area contributed by atoms with Crippen LogP contribution in [0.25, 0.3) is 0 Å². The smallest absolute Gasteiger partial charge is 0.269 e. The van der Waals surface area contributed by atoms with E-state index in [1.807, 2.05) is 0 Å². The van der Waals surface area contributed by atoms with Crippen molar-refractivity contribution in [3.63, 3.8) is 0 Å². The minimum absolute atomic E-state index is 0.000616. The molecule has 0 saturated heterocycles. The molecule has 3 N–H and O–H groups in total. The molecular formula is C15H15N3O6S. The van der Waals surface area contributed by atoms with Gasteiger partial charge in [-0.1, -0.05) is 12.1 Å². The van der Waals surface area contributed by atoms with Gasteiger partial charge in [-0.25, -0.2) is 13.1 Å². The Bertz CT molecular complexity index is 880. The van der Waals surface area contributed by atoms with Crippen molar-refractivity contribution in [1.29, 1.82) is 0 Å². The molecule has 0 atom stereocenters. The molecule has 10 heteroatoms. The monoisotopic (exact) mass is 365 g/mol. The lowest BCUT2D eigenvalue weighted by Gasteiger charge is -2.09. The Kier molecular flexibility index (Phi) is 5.67. The topological polar surface area (TPSA) is 139 Å². The average Bonchev–Trinajstić information content (AvgIpc) is 2.59. The third kappa shape index (κ3) is 4.75. The number of para-hydroxylation sites is 1. The second-order valence-corrected chi connectivity index (χ2v) is 6.69. The molecule has 0 fully saturated rings. The molecule has 0 heterocycles. The van der Waals surface area contributed by atoms with Gasteiger partial charge in [-0.05, 0) is 24.3 Å². The van der Waals surface area contributed by atoms with Crippen molar-refractivity contribution >= 4 is 21.6 Å². The van der Waals surface area contributed by atoms with E-state index in [0.29, 0.717) is 0 Å². The van der Waals surface area contributed by atoms with Gasteiger partial charge < -0.3 is 10.4 Å². The van der Waals surface area contributed by atoms with Crippen LogP contribution in [0.2, 0.25) is 0 Å². The van der Waals surface area contributed by atoms with Crippen molar-refractivity contribution in [2.75, 3.05) is 13.1 Å². The molecule has 1 amide bonds. The molecule has 132 valence electrons. The van der Waals surface area contributed by atoms with Crippen LogP contribution in [0.4, 0.5) is 5.69 Å². The third-order valence-electron chi connectivity index (χ3n) is 3.21. The highest BCUT2D eigenvalue weighted by Crippen LogP contribution is 2.16. The Balaban J connectivity index is 1.89. The fraction of sp³-hybridized carbons (Fsp3) is 0.133. The van der Waals surface area contributed by atoms with Gasteiger partial charge in [0.15, 0.2) is 0 Å². The number of nitro benzene ring substituents is 1. The van der Waals surface area contributed by atoms with Crippen molar-refractivity contribution in [1.82, 2.24) is 10.0 Å². The summed E-state index contributed by atoms with van der Waals surface area (Å²) in [6, 6.07) is 10.4. The van der Waals surface area contributed by atoms with Crippen LogP contribution in [0.1, 0.15) is 10.4 Å². The number of rotatable bonds is 7. The molecule has 0 unspecified atom stereocenters. The first kappa shape index (κ1) is 18.4. The summed E-state index contributed by atoms with van der Waals surface area (Å²) in [5.74, 6) is -0.709. The molecule has 0 aromatic heterocycles. The Morgan fingerprint density at radius 1 is 1.08 bits per heavy atom. The predicted molar refractivity (Wildman–Crippen MR) is 88.7 cm³/mol. The Morgan fingerprint density at radius 2 is 1.72 bits per heavy atom. The van der Waals surface area contributed by atoms with E-state index >= 15 is 0 Å². The lowest BCUT2D eigenvalue weighted by atomic mass is 10.2. The van der Waals surface area contributed by atoms with Crippen molar-refractivity contribution in [3.8, 4) is 5.75 Å². The summed E-state index contributed by atoms with van der Waals surface area (Å²) in [7, 11) is -3.85. The summed E-state index contributed by atoms with van der Waals surface area (Å²) in [6.07, 6.45) is 0. The number of nitro groups is 1. The van der Waals surface area contributed by atoms with Crippen LogP contribution in [0.15, 0.2) is 53.4 Å². The zero-order valence-corrected chi connectivity index (χ0v) is 13.7. The van der Waals surface area contributed by atoms with Gasteiger partial charge in [0.2, 0.25) is 10.0 Å². The molecule has 9 nitrogen and oxygen atoms in total. The minimum atomic E-state index is -3.85. The van der Waals surface area contributed by atoms with E-state index < -0.39 is 20.9 Å². The predicted octanol–water partition coefficient (Wildman–Crippen LogP) is 1.01. The summed E-state index contributed by atoms with van der Waals surface area (Å²) in [5, 5.41) is 22.6. The number of hydrogen-bond donors (Lipinski definition) is 3. The standard InChI is InChI=1S/C15H15N3O6S/c19-14-4-2-1-3-13(14)15(20)16-9-10-17-25(23,24)12-7-5-11(6-8-12)18(21)22/h1-8,17,19H,9-10H2,(H,16,20). The molecular weight excluding hydrogens is 350 g/mol. The number of carbonyl (C=O) groups is 1. The summed E-state index contributed by atoms with van der Waals surface area (Å²) in [4.78, 5) is 21.7. The lowest BCUT2D eigenvalue weighted by Crippen LogP contribution is -2.34. The Morgan fingerprint density at radius 3 is 2.32 bits per heavy atom. The largest absolute Gasteiger partial charge is 0.507 e. The van der Waals surface area contributed by atoms with Gasteiger partial charge in [-0.3, -0.25) is 14.9 Å². The first-order valence-electron chi connectivity index (χ1n) is 7.11. The molecule has 2 rings (SSSR count). The number of hydrogen-bond acceptors (Lipinski definition) is 6. The normalized spacial score (nSPS) is 11.0. The molecule has 25 heavy (non-hydrogen) atoms. The number of amides is 1. The van der Waals surface area contributed by atoms with Gasteiger partial charge in [0.1, 0.15) is 5.75 Å². The highest BCUT2D eigenvalue weighted by Gasteiger charge is 2.16. The molecule has 2 aromatic carbocycles. The Hall–Kier alpha value is -2.98. The number of sulfonamides is 1. The molecule has 0 radical (unpaired) electrons. The quantitative estimate of drug-likeness (QED) is 0.380. The number of benzene rings is 2. The number of phenols is 1. The van der Waals surface area contributed by atoms with E-state index in [-0.39, 0.29) is 35.0 Å². The summed E-state index contributed by atoms with van der Waals surface area (Å²) in [6.45, 7) is -0.0853. The third-order valence-corrected chi connectivity index (χ3v) is 4.69. The van der Waals surface area contributed by atoms with E-state index in [1.165, 1.54) is 12.1 Å². The van der Waals surface area contributed by atoms with Crippen LogP contribution < -0.4 is 10.0 Å². The summed E-state index contributed by atoms with van der Waals surface area (Å²) < 4.78 is 26.4. The number of non-ortho nitro benzene ring substituents is 1. The van der Waals surface area contributed by atoms with Crippen molar-refractivity contribution < 1.29 is 23.2 Å². The van der Waals surface area contributed by atoms with Gasteiger partial charge in [-0.2, -0.15) is 0 Å². The number of nitrogens with one attached hydrogen (secondary N) is 2.